The Bertz CT molecular complexity index is 4720. The van der Waals surface area contributed by atoms with E-state index in [1.54, 1.807) is 0 Å². The van der Waals surface area contributed by atoms with Crippen LogP contribution in [0.4, 0.5) is 51.2 Å². The Morgan fingerprint density at radius 1 is 0.287 bits per heavy atom. The first-order valence-electron chi connectivity index (χ1n) is 28.0. The Kier molecular flexibility index (Phi) is 10.3. The molecule has 0 saturated carbocycles. The first-order chi connectivity index (χ1) is 39.3. The van der Waals surface area contributed by atoms with Crippen LogP contribution in [0.5, 0.6) is 0 Å². The average Bonchev–Trinajstić information content (AvgIpc) is 3.70. The number of fused-ring (bicyclic) bond motifs is 16. The first-order valence-corrected chi connectivity index (χ1v) is 28.0. The fraction of sp³-hybridized carbons (Fsp3) is 0.0526. The zero-order valence-corrected chi connectivity index (χ0v) is 44.9. The van der Waals surface area contributed by atoms with Crippen LogP contribution in [0.15, 0.2) is 273 Å². The minimum Gasteiger partial charge on any atom is -0.311 e. The van der Waals surface area contributed by atoms with Crippen molar-refractivity contribution < 1.29 is 0 Å². The van der Waals surface area contributed by atoms with E-state index in [1.807, 2.05) is 0 Å². The number of hydrogen-bond donors (Lipinski definition) is 0. The van der Waals surface area contributed by atoms with Gasteiger partial charge in [0.15, 0.2) is 0 Å². The third-order valence-electron chi connectivity index (χ3n) is 17.3. The highest BCUT2D eigenvalue weighted by Crippen LogP contribution is 2.50. The van der Waals surface area contributed by atoms with Gasteiger partial charge in [-0.25, -0.2) is 0 Å². The Morgan fingerprint density at radius 3 is 1.16 bits per heavy atom. The largest absolute Gasteiger partial charge is 0.311 e. The van der Waals surface area contributed by atoms with Crippen molar-refractivity contribution in [3.63, 3.8) is 0 Å². The predicted molar refractivity (Wildman–Crippen MR) is 344 cm³/mol. The van der Waals surface area contributed by atoms with Gasteiger partial charge in [0.1, 0.15) is 0 Å². The van der Waals surface area contributed by atoms with E-state index in [9.17, 15) is 0 Å². The highest BCUT2D eigenvalue weighted by molar-refractivity contribution is 7.00. The maximum Gasteiger partial charge on any atom is 0.252 e. The summed E-state index contributed by atoms with van der Waals surface area (Å²) in [6.45, 7) is 6.98. The molecule has 2 aliphatic heterocycles. The van der Waals surface area contributed by atoms with E-state index in [4.69, 9.17) is 0 Å². The summed E-state index contributed by atoms with van der Waals surface area (Å²) in [7, 11) is 0. The minimum absolute atomic E-state index is 0.110. The molecule has 4 heteroatoms. The van der Waals surface area contributed by atoms with Crippen molar-refractivity contribution in [3.05, 3.63) is 279 Å². The number of hydrogen-bond acceptors (Lipinski definition) is 3. The maximum atomic E-state index is 2.62. The molecule has 0 aromatic heterocycles. The Labute approximate surface area is 466 Å². The van der Waals surface area contributed by atoms with Crippen LogP contribution >= 0.6 is 0 Å². The average molecular weight is 1020 g/mol. The van der Waals surface area contributed by atoms with E-state index in [-0.39, 0.29) is 12.1 Å². The standard InChI is InChI=1S/C76H54BN3/c1-76(2,3)51-44-73-75-74(45-51)80(55-37-40-66-62-32-16-14-28-58(62)60-30-18-20-34-64(60)68(66)47-55)72-48-56(78(52-23-9-5-10-24-52)53-25-11-6-12-26-53)38-41-69(72)77(75)70-43-50(49-21-7-4-8-22-49)35-42-71(70)79(73)54-36-39-65-61-31-15-13-27-57(61)59-29-17-19-33-63(59)67(65)46-54/h4-48H,1-3H3. The van der Waals surface area contributed by atoms with E-state index in [1.165, 1.54) is 115 Å². The van der Waals surface area contributed by atoms with Gasteiger partial charge in [-0.3, -0.25) is 0 Å². The van der Waals surface area contributed by atoms with Crippen LogP contribution in [0, 0.1) is 0 Å². The number of para-hydroxylation sites is 2. The molecule has 80 heavy (non-hydrogen) atoms. The highest BCUT2D eigenvalue weighted by Gasteiger charge is 2.45. The molecule has 0 bridgehead atoms. The molecule has 0 spiro atoms. The van der Waals surface area contributed by atoms with Gasteiger partial charge in [-0.1, -0.05) is 215 Å². The van der Waals surface area contributed by atoms with Gasteiger partial charge in [-0.15, -0.1) is 0 Å². The lowest BCUT2D eigenvalue weighted by Gasteiger charge is -2.45. The number of rotatable bonds is 6. The molecule has 14 aromatic carbocycles. The summed E-state index contributed by atoms with van der Waals surface area (Å²) in [6.07, 6.45) is 0. The fourth-order valence-electron chi connectivity index (χ4n) is 13.6. The summed E-state index contributed by atoms with van der Waals surface area (Å²) in [5.74, 6) is 0. The molecule has 0 saturated heterocycles. The Hall–Kier alpha value is -9.90. The predicted octanol–water partition coefficient (Wildman–Crippen LogP) is 19.1. The fourth-order valence-corrected chi connectivity index (χ4v) is 13.6. The smallest absolute Gasteiger partial charge is 0.252 e. The lowest BCUT2D eigenvalue weighted by molar-refractivity contribution is 0.590. The van der Waals surface area contributed by atoms with Crippen LogP contribution in [-0.4, -0.2) is 6.71 Å². The molecular formula is C76H54BN3. The van der Waals surface area contributed by atoms with Crippen molar-refractivity contribution in [1.82, 2.24) is 0 Å². The Balaban J connectivity index is 1.02. The van der Waals surface area contributed by atoms with Crippen LogP contribution in [-0.2, 0) is 5.41 Å². The van der Waals surface area contributed by atoms with Crippen LogP contribution in [0.25, 0.3) is 75.8 Å². The lowest BCUT2D eigenvalue weighted by atomic mass is 9.33. The normalized spacial score (nSPS) is 12.9. The second-order valence-corrected chi connectivity index (χ2v) is 22.8. The van der Waals surface area contributed by atoms with Crippen molar-refractivity contribution in [3.8, 4) is 11.1 Å². The van der Waals surface area contributed by atoms with Gasteiger partial charge in [0, 0.05) is 51.2 Å². The molecule has 0 radical (unpaired) electrons. The molecule has 0 amide bonds. The quantitative estimate of drug-likeness (QED) is 0.121. The molecule has 2 aliphatic rings. The topological polar surface area (TPSA) is 9.72 Å². The molecule has 0 unspecified atom stereocenters. The van der Waals surface area contributed by atoms with Gasteiger partial charge in [0.25, 0.3) is 6.71 Å². The Morgan fingerprint density at radius 2 is 0.700 bits per heavy atom. The zero-order chi connectivity index (χ0) is 53.2. The van der Waals surface area contributed by atoms with Crippen LogP contribution in [0.3, 0.4) is 0 Å². The number of nitrogens with zero attached hydrogens (tertiary/aromatic N) is 3. The maximum absolute atomic E-state index is 2.62. The molecule has 0 atom stereocenters. The molecule has 2 heterocycles. The SMILES string of the molecule is CC(C)(C)c1cc2c3c(c1)N(c1ccc4c5ccccc5c5ccccc5c4c1)c1cc(N(c4ccccc4)c4ccccc4)ccc1B3c1cc(-c3ccccc3)ccc1N2c1ccc2c3ccccc3c3ccccc3c2c1. The van der Waals surface area contributed by atoms with Gasteiger partial charge >= 0.3 is 0 Å². The van der Waals surface area contributed by atoms with Crippen molar-refractivity contribution in [2.24, 2.45) is 0 Å². The van der Waals surface area contributed by atoms with Crippen LogP contribution < -0.4 is 31.1 Å². The summed E-state index contributed by atoms with van der Waals surface area (Å²) in [6, 6.07) is 102. The number of benzene rings is 14. The molecule has 3 nitrogen and oxygen atoms in total. The van der Waals surface area contributed by atoms with Gasteiger partial charge in [0.05, 0.1) is 0 Å². The van der Waals surface area contributed by atoms with E-state index >= 15 is 0 Å². The lowest BCUT2D eigenvalue weighted by Crippen LogP contribution is -2.61. The summed E-state index contributed by atoms with van der Waals surface area (Å²) >= 11 is 0. The van der Waals surface area contributed by atoms with Gasteiger partial charge in [-0.05, 0) is 182 Å². The van der Waals surface area contributed by atoms with E-state index in [0.29, 0.717) is 0 Å². The van der Waals surface area contributed by atoms with Gasteiger partial charge in [-0.2, -0.15) is 0 Å². The van der Waals surface area contributed by atoms with Crippen molar-refractivity contribution in [1.29, 1.82) is 0 Å². The molecule has 0 N–H and O–H groups in total. The molecule has 16 rings (SSSR count). The van der Waals surface area contributed by atoms with Crippen LogP contribution in [0.2, 0.25) is 0 Å². The number of anilines is 9. The molecule has 0 fully saturated rings. The summed E-state index contributed by atoms with van der Waals surface area (Å²) in [5, 5.41) is 15.1. The zero-order valence-electron chi connectivity index (χ0n) is 44.9. The third kappa shape index (κ3) is 7.08. The second-order valence-electron chi connectivity index (χ2n) is 22.8. The van der Waals surface area contributed by atoms with Gasteiger partial charge in [0.2, 0.25) is 0 Å². The van der Waals surface area contributed by atoms with E-state index in [0.717, 1.165) is 34.1 Å². The monoisotopic (exact) mass is 1020 g/mol. The van der Waals surface area contributed by atoms with Gasteiger partial charge < -0.3 is 14.7 Å². The van der Waals surface area contributed by atoms with Crippen molar-refractivity contribution in [2.75, 3.05) is 14.7 Å². The highest BCUT2D eigenvalue weighted by atomic mass is 15.2. The molecule has 376 valence electrons. The van der Waals surface area contributed by atoms with Crippen molar-refractivity contribution in [2.45, 2.75) is 26.2 Å². The van der Waals surface area contributed by atoms with E-state index in [2.05, 4.69) is 308 Å². The first kappa shape index (κ1) is 46.2. The summed E-state index contributed by atoms with van der Waals surface area (Å²) in [5.41, 5.74) is 17.6. The summed E-state index contributed by atoms with van der Waals surface area (Å²) in [4.78, 5) is 7.62. The summed E-state index contributed by atoms with van der Waals surface area (Å²) < 4.78 is 0. The minimum atomic E-state index is -0.202. The molecular weight excluding hydrogens is 966 g/mol. The second kappa shape index (κ2) is 17.8. The van der Waals surface area contributed by atoms with Crippen LogP contribution in [0.1, 0.15) is 26.3 Å². The molecule has 0 aliphatic carbocycles. The van der Waals surface area contributed by atoms with E-state index < -0.39 is 0 Å². The third-order valence-corrected chi connectivity index (χ3v) is 17.3. The molecule has 14 aromatic rings. The van der Waals surface area contributed by atoms with Crippen molar-refractivity contribution >= 4 is 139 Å².